The van der Waals surface area contributed by atoms with Crippen LogP contribution in [-0.4, -0.2) is 24.1 Å². The minimum Gasteiger partial charge on any atom is -0.298 e. The number of hydrogen-bond acceptors (Lipinski definition) is 6. The number of hydrogen-bond donors (Lipinski definition) is 0. The van der Waals surface area contributed by atoms with Gasteiger partial charge in [-0.05, 0) is 6.42 Å². The zero-order valence-electron chi connectivity index (χ0n) is 6.47. The summed E-state index contributed by atoms with van der Waals surface area (Å²) < 4.78 is 0. The van der Waals surface area contributed by atoms with Crippen molar-refractivity contribution in [3.63, 3.8) is 0 Å². The van der Waals surface area contributed by atoms with Gasteiger partial charge in [-0.3, -0.25) is 9.78 Å². The van der Waals surface area contributed by atoms with Gasteiger partial charge in [-0.1, -0.05) is 0 Å². The highest BCUT2D eigenvalue weighted by Gasteiger charge is 2.61. The van der Waals surface area contributed by atoms with E-state index in [1.165, 1.54) is 0 Å². The molecule has 0 aromatic heterocycles. The van der Waals surface area contributed by atoms with Crippen LogP contribution in [0.25, 0.3) is 0 Å². The average Bonchev–Trinajstić information content (AvgIpc) is 2.70. The smallest absolute Gasteiger partial charge is 0.298 e. The molecule has 3 rings (SSSR count). The maximum absolute atomic E-state index is 11.0. The Morgan fingerprint density at radius 1 is 0.923 bits per heavy atom. The molecule has 2 aliphatic heterocycles. The Bertz CT molecular complexity index is 259. The van der Waals surface area contributed by atoms with Crippen LogP contribution in [-0.2, 0) is 29.1 Å². The summed E-state index contributed by atoms with van der Waals surface area (Å²) in [5.41, 5.74) is 0. The molecule has 1 aliphatic carbocycles. The highest BCUT2D eigenvalue weighted by molar-refractivity contribution is 5.80. The molecule has 70 valence electrons. The monoisotopic (exact) mass is 186 g/mol. The minimum atomic E-state index is -0.482. The molecule has 3 aliphatic rings. The van der Waals surface area contributed by atoms with Gasteiger partial charge in [0.15, 0.2) is 0 Å². The van der Waals surface area contributed by atoms with E-state index in [1.807, 2.05) is 0 Å². The first-order valence-electron chi connectivity index (χ1n) is 4.02. The third-order valence-corrected chi connectivity index (χ3v) is 2.71. The van der Waals surface area contributed by atoms with Crippen molar-refractivity contribution in [1.29, 1.82) is 0 Å². The third kappa shape index (κ3) is 0.790. The van der Waals surface area contributed by atoms with Crippen LogP contribution in [0.15, 0.2) is 0 Å². The summed E-state index contributed by atoms with van der Waals surface area (Å²) in [6.45, 7) is 0. The summed E-state index contributed by atoms with van der Waals surface area (Å²) in [4.78, 5) is 40.3. The SMILES string of the molecule is O=C1OOC2C1CC1C(=O)OOC12. The van der Waals surface area contributed by atoms with Crippen LogP contribution in [0.5, 0.6) is 0 Å². The lowest BCUT2D eigenvalue weighted by atomic mass is 10.1. The fourth-order valence-electron chi connectivity index (χ4n) is 2.03. The normalized spacial score (nSPS) is 47.1. The summed E-state index contributed by atoms with van der Waals surface area (Å²) in [5.74, 6) is -1.59. The zero-order chi connectivity index (χ0) is 9.00. The Morgan fingerprint density at radius 2 is 1.38 bits per heavy atom. The molecular weight excluding hydrogens is 180 g/mol. The van der Waals surface area contributed by atoms with E-state index < -0.39 is 24.1 Å². The van der Waals surface area contributed by atoms with E-state index in [0.29, 0.717) is 6.42 Å². The first-order valence-corrected chi connectivity index (χ1v) is 4.02. The van der Waals surface area contributed by atoms with Crippen molar-refractivity contribution in [2.24, 2.45) is 11.8 Å². The van der Waals surface area contributed by atoms with Gasteiger partial charge >= 0.3 is 11.9 Å². The first kappa shape index (κ1) is 7.28. The molecule has 1 saturated carbocycles. The summed E-state index contributed by atoms with van der Waals surface area (Å²) in [6, 6.07) is 0. The van der Waals surface area contributed by atoms with E-state index in [0.717, 1.165) is 0 Å². The van der Waals surface area contributed by atoms with Gasteiger partial charge in [0, 0.05) is 0 Å². The third-order valence-electron chi connectivity index (χ3n) is 2.71. The molecule has 0 spiro atoms. The molecule has 2 heterocycles. The molecule has 4 atom stereocenters. The second-order valence-electron chi connectivity index (χ2n) is 3.38. The number of carbonyl (C=O) groups excluding carboxylic acids is 2. The molecule has 0 aromatic carbocycles. The van der Waals surface area contributed by atoms with E-state index in [-0.39, 0.29) is 11.8 Å². The van der Waals surface area contributed by atoms with Gasteiger partial charge in [-0.2, -0.15) is 9.78 Å². The maximum atomic E-state index is 11.0. The summed E-state index contributed by atoms with van der Waals surface area (Å²) >= 11 is 0. The number of carbonyl (C=O) groups is 2. The second-order valence-corrected chi connectivity index (χ2v) is 3.38. The minimum absolute atomic E-state index is 0.372. The number of fused-ring (bicyclic) bond motifs is 3. The highest BCUT2D eigenvalue weighted by Crippen LogP contribution is 2.43. The molecule has 0 bridgehead atoms. The van der Waals surface area contributed by atoms with Crippen molar-refractivity contribution in [2.75, 3.05) is 0 Å². The van der Waals surface area contributed by atoms with Gasteiger partial charge in [0.1, 0.15) is 12.2 Å². The van der Waals surface area contributed by atoms with Crippen LogP contribution in [0.4, 0.5) is 0 Å². The summed E-state index contributed by atoms with van der Waals surface area (Å²) in [6.07, 6.45) is -0.569. The van der Waals surface area contributed by atoms with Gasteiger partial charge in [0.2, 0.25) is 0 Å². The van der Waals surface area contributed by atoms with Crippen LogP contribution >= 0.6 is 0 Å². The second kappa shape index (κ2) is 2.21. The van der Waals surface area contributed by atoms with Gasteiger partial charge in [-0.25, -0.2) is 9.59 Å². The van der Waals surface area contributed by atoms with E-state index in [4.69, 9.17) is 9.78 Å². The van der Waals surface area contributed by atoms with Crippen LogP contribution in [0.1, 0.15) is 6.42 Å². The van der Waals surface area contributed by atoms with Gasteiger partial charge in [0.05, 0.1) is 11.8 Å². The molecule has 6 nitrogen and oxygen atoms in total. The van der Waals surface area contributed by atoms with Gasteiger partial charge in [0.25, 0.3) is 0 Å². The standard InChI is InChI=1S/C7H6O6/c8-6-2-1-3-5(4(2)10-12-6)11-13-7(3)9/h2-5H,1H2. The van der Waals surface area contributed by atoms with Crippen LogP contribution in [0, 0.1) is 11.8 Å². The zero-order valence-corrected chi connectivity index (χ0v) is 6.47. The molecule has 3 fully saturated rings. The highest BCUT2D eigenvalue weighted by atomic mass is 17.2. The van der Waals surface area contributed by atoms with Crippen molar-refractivity contribution in [1.82, 2.24) is 0 Å². The van der Waals surface area contributed by atoms with Crippen LogP contribution in [0.3, 0.4) is 0 Å². The summed E-state index contributed by atoms with van der Waals surface area (Å²) in [5, 5.41) is 0. The molecule has 0 amide bonds. The predicted octanol–water partition coefficient (Wildman–Crippen LogP) is -0.663. The lowest BCUT2D eigenvalue weighted by Gasteiger charge is -2.07. The maximum Gasteiger partial charge on any atom is 0.348 e. The Morgan fingerprint density at radius 3 is 1.85 bits per heavy atom. The van der Waals surface area contributed by atoms with Gasteiger partial charge in [-0.15, -0.1) is 0 Å². The fourth-order valence-corrected chi connectivity index (χ4v) is 2.03. The molecule has 4 unspecified atom stereocenters. The molecule has 0 N–H and O–H groups in total. The van der Waals surface area contributed by atoms with Crippen molar-refractivity contribution in [3.05, 3.63) is 0 Å². The molecule has 0 aromatic rings. The predicted molar refractivity (Wildman–Crippen MR) is 33.5 cm³/mol. The quantitative estimate of drug-likeness (QED) is 0.467. The van der Waals surface area contributed by atoms with Crippen molar-refractivity contribution < 1.29 is 29.1 Å². The van der Waals surface area contributed by atoms with Gasteiger partial charge < -0.3 is 0 Å². The van der Waals surface area contributed by atoms with Crippen LogP contribution < -0.4 is 0 Å². The van der Waals surface area contributed by atoms with E-state index in [9.17, 15) is 9.59 Å². The average molecular weight is 186 g/mol. The molecule has 2 saturated heterocycles. The van der Waals surface area contributed by atoms with E-state index in [2.05, 4.69) is 9.78 Å². The molecular formula is C7H6O6. The van der Waals surface area contributed by atoms with Crippen LogP contribution in [0.2, 0.25) is 0 Å². The first-order chi connectivity index (χ1) is 6.27. The summed E-state index contributed by atoms with van der Waals surface area (Å²) in [7, 11) is 0. The largest absolute Gasteiger partial charge is 0.348 e. The van der Waals surface area contributed by atoms with Crippen molar-refractivity contribution >= 4 is 11.9 Å². The lowest BCUT2D eigenvalue weighted by Crippen LogP contribution is -2.26. The Kier molecular flexibility index (Phi) is 1.24. The molecule has 0 radical (unpaired) electrons. The molecule has 6 heteroatoms. The lowest BCUT2D eigenvalue weighted by molar-refractivity contribution is -0.317. The number of rotatable bonds is 0. The topological polar surface area (TPSA) is 71.1 Å². The van der Waals surface area contributed by atoms with Crippen molar-refractivity contribution in [2.45, 2.75) is 18.6 Å². The fraction of sp³-hybridized carbons (Fsp3) is 0.714. The molecule has 13 heavy (non-hydrogen) atoms. The Hall–Kier alpha value is -1.14. The Balaban J connectivity index is 1.90. The van der Waals surface area contributed by atoms with Crippen molar-refractivity contribution in [3.8, 4) is 0 Å². The van der Waals surface area contributed by atoms with E-state index >= 15 is 0 Å². The van der Waals surface area contributed by atoms with E-state index in [1.54, 1.807) is 0 Å². The Labute approximate surface area is 72.5 Å².